The van der Waals surface area contributed by atoms with Crippen molar-refractivity contribution in [1.29, 1.82) is 0 Å². The van der Waals surface area contributed by atoms with Crippen LogP contribution < -0.4 is 0 Å². The normalized spacial score (nSPS) is 13.8. The minimum Gasteiger partial charge on any atom is -0.397 e. The Morgan fingerprint density at radius 1 is 0.250 bits per heavy atom. The highest BCUT2D eigenvalue weighted by Gasteiger charge is 2.99. The van der Waals surface area contributed by atoms with E-state index in [9.17, 15) is 48.3 Å². The first kappa shape index (κ1) is 67.6. The zero-order valence-electron chi connectivity index (χ0n) is 45.9. The Balaban J connectivity index is 1.41. The zero-order chi connectivity index (χ0) is 67.5. The lowest BCUT2D eigenvalue weighted by Crippen LogP contribution is -2.78. The first-order chi connectivity index (χ1) is 42.8. The number of rotatable bonds is 20. The van der Waals surface area contributed by atoms with Crippen LogP contribution in [-0.2, 0) is 8.98 Å². The van der Waals surface area contributed by atoms with Gasteiger partial charge in [-0.25, -0.2) is 4.79 Å². The molecule has 26 heteroatoms. The molecule has 0 spiro atoms. The van der Waals surface area contributed by atoms with E-state index in [1.54, 1.807) is 60.7 Å². The number of hydrogen-bond acceptors (Lipinski definition) is 2. The largest absolute Gasteiger partial charge is 0.460 e. The quantitative estimate of drug-likeness (QED) is 0.0711. The van der Waals surface area contributed by atoms with Gasteiger partial charge in [0, 0.05) is 14.7 Å². The van der Waals surface area contributed by atoms with Gasteiger partial charge in [-0.15, -0.1) is 0 Å². The van der Waals surface area contributed by atoms with E-state index >= 15 is 57.5 Å². The fourth-order valence-corrected chi connectivity index (χ4v) is 13.7. The minimum absolute atomic E-state index is 0.0541. The lowest BCUT2D eigenvalue weighted by atomic mass is 9.85. The molecule has 0 aromatic heterocycles. The van der Waals surface area contributed by atoms with Crippen LogP contribution in [0.15, 0.2) is 251 Å². The predicted octanol–water partition coefficient (Wildman–Crippen LogP) is 22.3. The van der Waals surface area contributed by atoms with E-state index in [0.29, 0.717) is 11.1 Å². The lowest BCUT2D eigenvalue weighted by molar-refractivity contribution is -0.477. The third-order valence-corrected chi connectivity index (χ3v) is 18.1. The molecule has 0 aliphatic rings. The van der Waals surface area contributed by atoms with Crippen molar-refractivity contribution >= 4 is 16.3 Å². The second-order valence-corrected chi connectivity index (χ2v) is 23.0. The molecule has 0 N–H and O–H groups in total. The molecule has 0 aliphatic heterocycles. The van der Waals surface area contributed by atoms with Crippen molar-refractivity contribution in [3.8, 4) is 66.8 Å². The summed E-state index contributed by atoms with van der Waals surface area (Å²) in [5.74, 6) is -95.9. The third-order valence-electron chi connectivity index (χ3n) is 14.7. The summed E-state index contributed by atoms with van der Waals surface area (Å²) in [5, 5.41) is 0. The molecule has 2 nitrogen and oxygen atoms in total. The Labute approximate surface area is 508 Å². The Kier molecular flexibility index (Phi) is 17.4. The molecule has 9 rings (SSSR count). The van der Waals surface area contributed by atoms with Crippen molar-refractivity contribution in [2.24, 2.45) is 0 Å². The van der Waals surface area contributed by atoms with E-state index in [-0.39, 0.29) is 55.6 Å². The molecule has 0 bridgehead atoms. The van der Waals surface area contributed by atoms with E-state index in [1.165, 1.54) is 164 Å². The Bertz CT molecular complexity index is 3790. The molecule has 92 heavy (non-hydrogen) atoms. The Morgan fingerprint density at radius 3 is 0.696 bits per heavy atom. The second kappa shape index (κ2) is 23.7. The number of benzene rings is 9. The number of carbonyl (C=O) groups is 1. The van der Waals surface area contributed by atoms with Crippen LogP contribution in [0.5, 0.6) is 0 Å². The molecule has 0 fully saturated rings. The van der Waals surface area contributed by atoms with Crippen LogP contribution in [0, 0.1) is 0 Å². The smallest absolute Gasteiger partial charge is 0.397 e. The molecule has 9 aromatic rings. The van der Waals surface area contributed by atoms with Crippen LogP contribution in [0.3, 0.4) is 0 Å². The van der Waals surface area contributed by atoms with Gasteiger partial charge in [0.15, 0.2) is 0 Å². The first-order valence-electron chi connectivity index (χ1n) is 26.5. The molecule has 9 aromatic carbocycles. The van der Waals surface area contributed by atoms with Gasteiger partial charge in [-0.3, -0.25) is 0 Å². The van der Waals surface area contributed by atoms with Gasteiger partial charge in [0.1, 0.15) is 0 Å². The van der Waals surface area contributed by atoms with Crippen molar-refractivity contribution in [2.45, 2.75) is 80.1 Å². The standard InChI is InChI=1S/C66H39F23O2S/c67-56(68,57(69,70)58(71,72)59(73,74)60(75,76)61(77,78)62(79,80)63(81,82)64(83,84)65(85,86)66(87,88)89)55(90)91-92(48-34-20-7-21-35-48,53-49(42-26-12-3-13-27-42)36-46(40-22-8-1-9-23-40)37-50(53)43-28-14-4-15-29-43)54-51(44-30-16-5-17-31-44)38-47(41-24-10-2-11-25-41)39-52(54)45-32-18-6-19-33-45/h1-39H. The monoisotopic (exact) mass is 1330 g/mol. The fraction of sp³-hybridized carbons (Fsp3) is 0.167. The predicted molar refractivity (Wildman–Crippen MR) is 296 cm³/mol. The summed E-state index contributed by atoms with van der Waals surface area (Å²) in [6, 6.07) is 56.2. The van der Waals surface area contributed by atoms with Crippen LogP contribution >= 0.6 is 10.3 Å². The second-order valence-electron chi connectivity index (χ2n) is 20.5. The van der Waals surface area contributed by atoms with Gasteiger partial charge in [-0.1, -0.05) is 200 Å². The maximum absolute atomic E-state index is 17.5. The number of carbonyl (C=O) groups excluding carboxylic acids is 1. The van der Waals surface area contributed by atoms with E-state index in [2.05, 4.69) is 0 Å². The number of alkyl halides is 23. The van der Waals surface area contributed by atoms with E-state index in [0.717, 1.165) is 12.1 Å². The van der Waals surface area contributed by atoms with E-state index in [4.69, 9.17) is 4.18 Å². The van der Waals surface area contributed by atoms with Gasteiger partial charge in [0.2, 0.25) is 0 Å². The Morgan fingerprint density at radius 2 is 0.457 bits per heavy atom. The van der Waals surface area contributed by atoms with Gasteiger partial charge in [-0.05, 0) is 113 Å². The van der Waals surface area contributed by atoms with Crippen molar-refractivity contribution in [3.05, 3.63) is 237 Å². The van der Waals surface area contributed by atoms with Crippen LogP contribution in [0.2, 0.25) is 0 Å². The molecular formula is C66H39F23O2S. The Hall–Kier alpha value is -8.81. The van der Waals surface area contributed by atoms with Crippen LogP contribution in [0.1, 0.15) is 0 Å². The summed E-state index contributed by atoms with van der Waals surface area (Å²) < 4.78 is 353. The third kappa shape index (κ3) is 10.6. The van der Waals surface area contributed by atoms with Crippen molar-refractivity contribution in [2.75, 3.05) is 0 Å². The average Bonchev–Trinajstić information content (AvgIpc) is 0.693. The molecule has 0 radical (unpaired) electrons. The molecule has 0 saturated heterocycles. The highest BCUT2D eigenvalue weighted by Crippen LogP contribution is 2.77. The maximum Gasteiger partial charge on any atom is 0.460 e. The molecule has 482 valence electrons. The van der Waals surface area contributed by atoms with Gasteiger partial charge < -0.3 is 4.18 Å². The highest BCUT2D eigenvalue weighted by atomic mass is 32.3. The molecular weight excluding hydrogens is 1290 g/mol. The number of halogens is 23. The van der Waals surface area contributed by atoms with Gasteiger partial charge in [0.25, 0.3) is 0 Å². The lowest BCUT2D eigenvalue weighted by Gasteiger charge is -2.46. The van der Waals surface area contributed by atoms with E-state index < -0.39 is 96.4 Å². The number of hydrogen-bond donors (Lipinski definition) is 0. The van der Waals surface area contributed by atoms with Crippen molar-refractivity contribution in [3.63, 3.8) is 0 Å². The molecule has 0 atom stereocenters. The van der Waals surface area contributed by atoms with Gasteiger partial charge >= 0.3 is 71.4 Å². The summed E-state index contributed by atoms with van der Waals surface area (Å²) in [6.45, 7) is 0. The summed E-state index contributed by atoms with van der Waals surface area (Å²) in [5.41, 5.74) is 0.777. The summed E-state index contributed by atoms with van der Waals surface area (Å²) >= 11 is 0. The zero-order valence-corrected chi connectivity index (χ0v) is 46.8. The maximum atomic E-state index is 17.5. The average molecular weight is 1330 g/mol. The van der Waals surface area contributed by atoms with Crippen LogP contribution in [0.4, 0.5) is 101 Å². The summed E-state index contributed by atoms with van der Waals surface area (Å²) in [6.07, 6.45) is -8.22. The van der Waals surface area contributed by atoms with Crippen molar-refractivity contribution in [1.82, 2.24) is 0 Å². The van der Waals surface area contributed by atoms with Crippen LogP contribution in [0.25, 0.3) is 66.8 Å². The SMILES string of the molecule is O=C(OS(c1ccccc1)(c1c(-c2ccccc2)cc(-c2ccccc2)cc1-c1ccccc1)c1c(-c2ccccc2)cc(-c2ccccc2)cc1-c1ccccc1)C(F)(F)C(F)(F)C(F)(F)C(F)(F)C(F)(F)C(F)(F)C(F)(F)C(F)(F)C(F)(F)C(F)(F)C(F)(F)F. The fourth-order valence-electron chi connectivity index (χ4n) is 9.93. The molecule has 0 heterocycles. The molecule has 0 unspecified atom stereocenters. The topological polar surface area (TPSA) is 26.3 Å². The molecule has 0 saturated carbocycles. The van der Waals surface area contributed by atoms with E-state index in [1.807, 2.05) is 0 Å². The van der Waals surface area contributed by atoms with Crippen LogP contribution in [-0.4, -0.2) is 71.4 Å². The molecule has 0 aliphatic carbocycles. The minimum atomic E-state index is -9.67. The summed E-state index contributed by atoms with van der Waals surface area (Å²) in [7, 11) is -5.25. The first-order valence-corrected chi connectivity index (χ1v) is 28.0. The summed E-state index contributed by atoms with van der Waals surface area (Å²) in [4.78, 5) is 13.6. The van der Waals surface area contributed by atoms with Gasteiger partial charge in [-0.2, -0.15) is 101 Å². The molecule has 0 amide bonds. The van der Waals surface area contributed by atoms with Gasteiger partial charge in [0.05, 0.1) is 0 Å². The van der Waals surface area contributed by atoms with Crippen molar-refractivity contribution < 1.29 is 110 Å². The highest BCUT2D eigenvalue weighted by molar-refractivity contribution is 8.30.